The summed E-state index contributed by atoms with van der Waals surface area (Å²) in [6, 6.07) is 19.8. The summed E-state index contributed by atoms with van der Waals surface area (Å²) in [4.78, 5) is 25.4. The standard InChI is InChI=1S/C26H29N3O4S.C2HF3O2/c1-3-20-7-10-23(11-8-20)34(32,33)27-25-12-9-22(18-24(25)26(30)31)29-15-13-28(14-16-29)21-6-4-5-19(2)17-21;3-2(4,5)1(6)7/h4-12,17-18,27H,3,13-16H2,1-2H3,(H,30,31);(H,6,7). The van der Waals surface area contributed by atoms with Crippen LogP contribution in [0.2, 0.25) is 0 Å². The van der Waals surface area contributed by atoms with E-state index in [0.717, 1.165) is 43.9 Å². The number of aromatic carboxylic acids is 1. The predicted molar refractivity (Wildman–Crippen MR) is 149 cm³/mol. The van der Waals surface area contributed by atoms with Crippen molar-refractivity contribution in [2.45, 2.75) is 31.3 Å². The summed E-state index contributed by atoms with van der Waals surface area (Å²) in [5, 5.41) is 16.9. The van der Waals surface area contributed by atoms with Gasteiger partial charge >= 0.3 is 18.1 Å². The van der Waals surface area contributed by atoms with Crippen molar-refractivity contribution in [2.24, 2.45) is 0 Å². The van der Waals surface area contributed by atoms with Gasteiger partial charge in [-0.3, -0.25) is 4.72 Å². The van der Waals surface area contributed by atoms with Crippen LogP contribution in [0.3, 0.4) is 0 Å². The van der Waals surface area contributed by atoms with E-state index in [-0.39, 0.29) is 16.1 Å². The fourth-order valence-corrected chi connectivity index (χ4v) is 5.23. The second kappa shape index (κ2) is 12.9. The molecule has 0 amide bonds. The first-order valence-corrected chi connectivity index (χ1v) is 14.1. The van der Waals surface area contributed by atoms with E-state index in [4.69, 9.17) is 9.90 Å². The molecule has 3 aromatic carbocycles. The summed E-state index contributed by atoms with van der Waals surface area (Å²) >= 11 is 0. The number of carboxylic acids is 2. The Kier molecular flexibility index (Phi) is 9.87. The smallest absolute Gasteiger partial charge is 0.478 e. The lowest BCUT2D eigenvalue weighted by Crippen LogP contribution is -2.46. The Balaban J connectivity index is 0.000000587. The van der Waals surface area contributed by atoms with E-state index in [2.05, 4.69) is 39.6 Å². The van der Waals surface area contributed by atoms with Crippen LogP contribution in [0.15, 0.2) is 71.6 Å². The molecule has 0 aliphatic carbocycles. The SMILES string of the molecule is CCc1ccc(S(=O)(=O)Nc2ccc(N3CCN(c4cccc(C)c4)CC3)cc2C(=O)O)cc1.O=C(O)C(F)(F)F. The van der Waals surface area contributed by atoms with Crippen molar-refractivity contribution in [1.29, 1.82) is 0 Å². The number of nitrogens with zero attached hydrogens (tertiary/aromatic N) is 2. The van der Waals surface area contributed by atoms with Crippen molar-refractivity contribution in [1.82, 2.24) is 0 Å². The minimum Gasteiger partial charge on any atom is -0.478 e. The fourth-order valence-electron chi connectivity index (χ4n) is 4.15. The molecule has 3 aromatic rings. The molecule has 1 aliphatic rings. The average molecular weight is 594 g/mol. The summed E-state index contributed by atoms with van der Waals surface area (Å²) in [6.07, 6.45) is -4.28. The number of benzene rings is 3. The highest BCUT2D eigenvalue weighted by Crippen LogP contribution is 2.28. The highest BCUT2D eigenvalue weighted by molar-refractivity contribution is 7.92. The maximum atomic E-state index is 12.8. The van der Waals surface area contributed by atoms with Gasteiger partial charge in [0.25, 0.3) is 10.0 Å². The molecular formula is C28H30F3N3O6S. The molecule has 220 valence electrons. The molecule has 9 nitrogen and oxygen atoms in total. The highest BCUT2D eigenvalue weighted by Gasteiger charge is 2.38. The van der Waals surface area contributed by atoms with Gasteiger partial charge in [-0.05, 0) is 66.9 Å². The van der Waals surface area contributed by atoms with Gasteiger partial charge in [-0.25, -0.2) is 18.0 Å². The number of halogens is 3. The Morgan fingerprint density at radius 3 is 1.88 bits per heavy atom. The lowest BCUT2D eigenvalue weighted by molar-refractivity contribution is -0.192. The normalized spacial score (nSPS) is 13.7. The van der Waals surface area contributed by atoms with Crippen LogP contribution in [0.25, 0.3) is 0 Å². The van der Waals surface area contributed by atoms with Crippen molar-refractivity contribution >= 4 is 39.0 Å². The summed E-state index contributed by atoms with van der Waals surface area (Å²) in [7, 11) is -3.91. The zero-order valence-electron chi connectivity index (χ0n) is 22.4. The number of carboxylic acid groups (broad SMARTS) is 2. The molecule has 41 heavy (non-hydrogen) atoms. The quantitative estimate of drug-likeness (QED) is 0.349. The highest BCUT2D eigenvalue weighted by atomic mass is 32.2. The van der Waals surface area contributed by atoms with Gasteiger partial charge in [-0.2, -0.15) is 13.2 Å². The number of piperazine rings is 1. The molecule has 1 saturated heterocycles. The average Bonchev–Trinajstić information content (AvgIpc) is 2.93. The maximum Gasteiger partial charge on any atom is 0.490 e. The number of aryl methyl sites for hydroxylation is 2. The van der Waals surface area contributed by atoms with Gasteiger partial charge < -0.3 is 20.0 Å². The second-order valence-electron chi connectivity index (χ2n) is 9.25. The first-order chi connectivity index (χ1) is 19.2. The fraction of sp³-hybridized carbons (Fsp3) is 0.286. The van der Waals surface area contributed by atoms with Crippen LogP contribution in [0.5, 0.6) is 0 Å². The minimum absolute atomic E-state index is 0.0502. The number of carbonyl (C=O) groups is 2. The zero-order valence-corrected chi connectivity index (χ0v) is 23.2. The molecule has 0 aromatic heterocycles. The Labute approximate surface area is 235 Å². The number of hydrogen-bond acceptors (Lipinski definition) is 6. The summed E-state index contributed by atoms with van der Waals surface area (Å²) < 4.78 is 59.9. The van der Waals surface area contributed by atoms with Gasteiger partial charge in [0.2, 0.25) is 0 Å². The van der Waals surface area contributed by atoms with Crippen molar-refractivity contribution in [3.8, 4) is 0 Å². The Morgan fingerprint density at radius 2 is 1.41 bits per heavy atom. The van der Waals surface area contributed by atoms with Crippen molar-refractivity contribution in [2.75, 3.05) is 40.7 Å². The first kappa shape index (κ1) is 31.3. The molecule has 0 bridgehead atoms. The van der Waals surface area contributed by atoms with Gasteiger partial charge in [0, 0.05) is 37.6 Å². The maximum absolute atomic E-state index is 12.8. The Morgan fingerprint density at radius 1 is 0.878 bits per heavy atom. The number of anilines is 3. The largest absolute Gasteiger partial charge is 0.490 e. The number of aliphatic carboxylic acids is 1. The van der Waals surface area contributed by atoms with Crippen molar-refractivity contribution in [3.05, 3.63) is 83.4 Å². The van der Waals surface area contributed by atoms with Gasteiger partial charge in [-0.15, -0.1) is 0 Å². The predicted octanol–water partition coefficient (Wildman–Crippen LogP) is 5.02. The summed E-state index contributed by atoms with van der Waals surface area (Å²) in [6.45, 7) is 7.17. The van der Waals surface area contributed by atoms with E-state index >= 15 is 0 Å². The van der Waals surface area contributed by atoms with E-state index in [0.29, 0.717) is 0 Å². The molecular weight excluding hydrogens is 563 g/mol. The first-order valence-electron chi connectivity index (χ1n) is 12.6. The number of hydrogen-bond donors (Lipinski definition) is 3. The van der Waals surface area contributed by atoms with E-state index in [9.17, 15) is 31.5 Å². The minimum atomic E-state index is -5.08. The van der Waals surface area contributed by atoms with Gasteiger partial charge in [0.1, 0.15) is 0 Å². The molecule has 1 heterocycles. The van der Waals surface area contributed by atoms with Crippen LogP contribution in [-0.4, -0.2) is 62.9 Å². The van der Waals surface area contributed by atoms with Crippen LogP contribution in [0.4, 0.5) is 30.2 Å². The Bertz CT molecular complexity index is 1490. The third-order valence-corrected chi connectivity index (χ3v) is 7.76. The third kappa shape index (κ3) is 8.37. The number of sulfonamides is 1. The molecule has 13 heteroatoms. The van der Waals surface area contributed by atoms with Crippen LogP contribution in [0.1, 0.15) is 28.4 Å². The van der Waals surface area contributed by atoms with E-state index in [1.165, 1.54) is 29.4 Å². The second-order valence-corrected chi connectivity index (χ2v) is 10.9. The monoisotopic (exact) mass is 593 g/mol. The van der Waals surface area contributed by atoms with Crippen LogP contribution < -0.4 is 14.5 Å². The van der Waals surface area contributed by atoms with E-state index in [1.54, 1.807) is 24.3 Å². The Hall–Kier alpha value is -4.26. The lowest BCUT2D eigenvalue weighted by atomic mass is 10.1. The molecule has 1 fully saturated rings. The summed E-state index contributed by atoms with van der Waals surface area (Å²) in [5.41, 5.74) is 4.16. The molecule has 0 unspecified atom stereocenters. The van der Waals surface area contributed by atoms with E-state index < -0.39 is 28.1 Å². The molecule has 4 rings (SSSR count). The van der Waals surface area contributed by atoms with Crippen LogP contribution in [0, 0.1) is 6.92 Å². The van der Waals surface area contributed by atoms with Crippen molar-refractivity contribution in [3.63, 3.8) is 0 Å². The lowest BCUT2D eigenvalue weighted by Gasteiger charge is -2.37. The number of alkyl halides is 3. The van der Waals surface area contributed by atoms with Gasteiger partial charge in [-0.1, -0.05) is 31.2 Å². The number of nitrogens with one attached hydrogen (secondary N) is 1. The van der Waals surface area contributed by atoms with Gasteiger partial charge in [0.15, 0.2) is 0 Å². The van der Waals surface area contributed by atoms with Crippen LogP contribution >= 0.6 is 0 Å². The topological polar surface area (TPSA) is 127 Å². The molecule has 3 N–H and O–H groups in total. The van der Waals surface area contributed by atoms with Crippen LogP contribution in [-0.2, 0) is 21.2 Å². The molecule has 0 atom stereocenters. The number of rotatable bonds is 7. The molecule has 0 spiro atoms. The zero-order chi connectivity index (χ0) is 30.4. The van der Waals surface area contributed by atoms with Crippen molar-refractivity contribution < 1.29 is 41.4 Å². The van der Waals surface area contributed by atoms with Gasteiger partial charge in [0.05, 0.1) is 16.1 Å². The third-order valence-electron chi connectivity index (χ3n) is 6.37. The van der Waals surface area contributed by atoms with E-state index in [1.807, 2.05) is 13.0 Å². The summed E-state index contributed by atoms with van der Waals surface area (Å²) in [5.74, 6) is -3.94. The molecule has 0 radical (unpaired) electrons. The molecule has 0 saturated carbocycles. The molecule has 1 aliphatic heterocycles.